The first-order chi connectivity index (χ1) is 11.2. The van der Waals surface area contributed by atoms with Gasteiger partial charge in [0.2, 0.25) is 0 Å². The fourth-order valence-electron chi connectivity index (χ4n) is 2.85. The standard InChI is InChI=1S/C18H28N2O3/c1-2-22-18(21)16(19)14-15-8-4-5-9-17(15)23-13-12-20-10-6-3-7-11-20/h4-5,8-9,16H,2-3,6-7,10-14,19H2,1H3. The van der Waals surface area contributed by atoms with Gasteiger partial charge in [0.25, 0.3) is 0 Å². The Morgan fingerprint density at radius 3 is 2.74 bits per heavy atom. The Morgan fingerprint density at radius 2 is 2.00 bits per heavy atom. The lowest BCUT2D eigenvalue weighted by molar-refractivity contribution is -0.144. The minimum absolute atomic E-state index is 0.348. The van der Waals surface area contributed by atoms with E-state index in [0.717, 1.165) is 17.9 Å². The van der Waals surface area contributed by atoms with Crippen molar-refractivity contribution < 1.29 is 14.3 Å². The molecule has 0 aliphatic carbocycles. The molecular weight excluding hydrogens is 292 g/mol. The van der Waals surface area contributed by atoms with Crippen LogP contribution in [0, 0.1) is 0 Å². The molecule has 1 aliphatic rings. The smallest absolute Gasteiger partial charge is 0.323 e. The van der Waals surface area contributed by atoms with Crippen LogP contribution >= 0.6 is 0 Å². The third-order valence-corrected chi connectivity index (χ3v) is 4.12. The molecule has 1 aliphatic heterocycles. The van der Waals surface area contributed by atoms with Crippen LogP contribution in [0.25, 0.3) is 0 Å². The number of benzene rings is 1. The molecule has 1 aromatic rings. The summed E-state index contributed by atoms with van der Waals surface area (Å²) >= 11 is 0. The lowest BCUT2D eigenvalue weighted by atomic mass is 10.1. The van der Waals surface area contributed by atoms with Crippen LogP contribution in [0.3, 0.4) is 0 Å². The van der Waals surface area contributed by atoms with Crippen LogP contribution in [0.5, 0.6) is 5.75 Å². The number of carbonyl (C=O) groups excluding carboxylic acids is 1. The van der Waals surface area contributed by atoms with Gasteiger partial charge in [-0.15, -0.1) is 0 Å². The summed E-state index contributed by atoms with van der Waals surface area (Å²) in [6, 6.07) is 7.11. The average Bonchev–Trinajstić information content (AvgIpc) is 2.57. The van der Waals surface area contributed by atoms with Crippen molar-refractivity contribution in [3.8, 4) is 5.75 Å². The second-order valence-electron chi connectivity index (χ2n) is 5.92. The maximum absolute atomic E-state index is 11.7. The Bertz CT molecular complexity index is 487. The zero-order valence-electron chi connectivity index (χ0n) is 14.0. The Kier molecular flexibility index (Phi) is 7.36. The minimum Gasteiger partial charge on any atom is -0.492 e. The van der Waals surface area contributed by atoms with E-state index in [1.165, 1.54) is 32.4 Å². The molecule has 1 atom stereocenters. The predicted octanol–water partition coefficient (Wildman–Crippen LogP) is 1.98. The number of ether oxygens (including phenoxy) is 2. The first-order valence-electron chi connectivity index (χ1n) is 8.56. The summed E-state index contributed by atoms with van der Waals surface area (Å²) in [5.74, 6) is 0.444. The molecule has 1 saturated heterocycles. The number of esters is 1. The topological polar surface area (TPSA) is 64.8 Å². The first kappa shape index (κ1) is 17.8. The fraction of sp³-hybridized carbons (Fsp3) is 0.611. The molecule has 0 aromatic heterocycles. The van der Waals surface area contributed by atoms with Crippen molar-refractivity contribution in [2.45, 2.75) is 38.6 Å². The van der Waals surface area contributed by atoms with E-state index in [0.29, 0.717) is 19.6 Å². The van der Waals surface area contributed by atoms with Crippen molar-refractivity contribution in [1.29, 1.82) is 0 Å². The van der Waals surface area contributed by atoms with Crippen molar-refractivity contribution in [3.05, 3.63) is 29.8 Å². The highest BCUT2D eigenvalue weighted by atomic mass is 16.5. The summed E-state index contributed by atoms with van der Waals surface area (Å²) < 4.78 is 10.9. The van der Waals surface area contributed by atoms with Crippen molar-refractivity contribution in [2.75, 3.05) is 32.8 Å². The van der Waals surface area contributed by atoms with E-state index in [1.807, 2.05) is 24.3 Å². The van der Waals surface area contributed by atoms with E-state index in [9.17, 15) is 4.79 Å². The van der Waals surface area contributed by atoms with Gasteiger partial charge in [0, 0.05) is 13.0 Å². The highest BCUT2D eigenvalue weighted by molar-refractivity contribution is 5.76. The molecule has 1 heterocycles. The van der Waals surface area contributed by atoms with E-state index < -0.39 is 6.04 Å². The number of piperidine rings is 1. The predicted molar refractivity (Wildman–Crippen MR) is 90.5 cm³/mol. The van der Waals surface area contributed by atoms with Crippen molar-refractivity contribution in [1.82, 2.24) is 4.90 Å². The summed E-state index contributed by atoms with van der Waals surface area (Å²) in [6.45, 7) is 6.06. The van der Waals surface area contributed by atoms with Crippen molar-refractivity contribution >= 4 is 5.97 Å². The first-order valence-corrected chi connectivity index (χ1v) is 8.56. The van der Waals surface area contributed by atoms with Crippen LogP contribution in [-0.4, -0.2) is 49.8 Å². The van der Waals surface area contributed by atoms with Gasteiger partial charge in [-0.25, -0.2) is 0 Å². The maximum Gasteiger partial charge on any atom is 0.323 e. The SMILES string of the molecule is CCOC(=O)C(N)Cc1ccccc1OCCN1CCCCC1. The highest BCUT2D eigenvalue weighted by Crippen LogP contribution is 2.20. The second-order valence-corrected chi connectivity index (χ2v) is 5.92. The molecule has 0 spiro atoms. The summed E-state index contributed by atoms with van der Waals surface area (Å²) in [6.07, 6.45) is 4.33. The molecule has 0 bridgehead atoms. The van der Waals surface area contributed by atoms with Gasteiger partial charge < -0.3 is 15.2 Å². The average molecular weight is 320 g/mol. The summed E-state index contributed by atoms with van der Waals surface area (Å²) in [5.41, 5.74) is 6.86. The largest absolute Gasteiger partial charge is 0.492 e. The van der Waals surface area contributed by atoms with E-state index in [-0.39, 0.29) is 5.97 Å². The molecule has 1 fully saturated rings. The number of likely N-dealkylation sites (tertiary alicyclic amines) is 1. The number of para-hydroxylation sites is 1. The molecule has 128 valence electrons. The van der Waals surface area contributed by atoms with Crippen LogP contribution in [0.2, 0.25) is 0 Å². The van der Waals surface area contributed by atoms with Crippen LogP contribution in [0.1, 0.15) is 31.7 Å². The molecule has 5 nitrogen and oxygen atoms in total. The number of nitrogens with two attached hydrogens (primary N) is 1. The van der Waals surface area contributed by atoms with Gasteiger partial charge in [0.05, 0.1) is 6.61 Å². The molecule has 0 saturated carbocycles. The molecule has 1 unspecified atom stereocenters. The summed E-state index contributed by atoms with van der Waals surface area (Å²) in [7, 11) is 0. The quantitative estimate of drug-likeness (QED) is 0.742. The van der Waals surface area contributed by atoms with E-state index in [1.54, 1.807) is 6.92 Å². The molecule has 2 N–H and O–H groups in total. The van der Waals surface area contributed by atoms with Crippen LogP contribution in [-0.2, 0) is 16.0 Å². The van der Waals surface area contributed by atoms with E-state index in [2.05, 4.69) is 4.90 Å². The van der Waals surface area contributed by atoms with E-state index >= 15 is 0 Å². The number of hydrogen-bond acceptors (Lipinski definition) is 5. The van der Waals surface area contributed by atoms with Gasteiger partial charge >= 0.3 is 5.97 Å². The Hall–Kier alpha value is -1.59. The minimum atomic E-state index is -0.651. The van der Waals surface area contributed by atoms with Gasteiger partial charge in [-0.1, -0.05) is 24.6 Å². The molecule has 23 heavy (non-hydrogen) atoms. The molecular formula is C18H28N2O3. The number of carbonyl (C=O) groups is 1. The van der Waals surface area contributed by atoms with Gasteiger partial charge in [-0.05, 0) is 44.5 Å². The zero-order chi connectivity index (χ0) is 16.5. The Labute approximate surface area is 138 Å². The Morgan fingerprint density at radius 1 is 1.26 bits per heavy atom. The van der Waals surface area contributed by atoms with Gasteiger partial charge in [0.15, 0.2) is 0 Å². The van der Waals surface area contributed by atoms with Crippen LogP contribution < -0.4 is 10.5 Å². The lowest BCUT2D eigenvalue weighted by Gasteiger charge is -2.26. The monoisotopic (exact) mass is 320 g/mol. The Balaban J connectivity index is 1.85. The molecule has 0 radical (unpaired) electrons. The molecule has 1 aromatic carbocycles. The van der Waals surface area contributed by atoms with Gasteiger partial charge in [-0.3, -0.25) is 9.69 Å². The molecule has 0 amide bonds. The zero-order valence-corrected chi connectivity index (χ0v) is 14.0. The third kappa shape index (κ3) is 5.84. The normalized spacial score (nSPS) is 16.8. The van der Waals surface area contributed by atoms with Crippen molar-refractivity contribution in [3.63, 3.8) is 0 Å². The van der Waals surface area contributed by atoms with Gasteiger partial charge in [0.1, 0.15) is 18.4 Å². The second kappa shape index (κ2) is 9.53. The van der Waals surface area contributed by atoms with Gasteiger partial charge in [-0.2, -0.15) is 0 Å². The fourth-order valence-corrected chi connectivity index (χ4v) is 2.85. The highest BCUT2D eigenvalue weighted by Gasteiger charge is 2.17. The van der Waals surface area contributed by atoms with Crippen LogP contribution in [0.4, 0.5) is 0 Å². The maximum atomic E-state index is 11.7. The molecule has 2 rings (SSSR count). The number of nitrogens with zero attached hydrogens (tertiary/aromatic N) is 1. The van der Waals surface area contributed by atoms with Crippen molar-refractivity contribution in [2.24, 2.45) is 5.73 Å². The van der Waals surface area contributed by atoms with Crippen LogP contribution in [0.15, 0.2) is 24.3 Å². The number of rotatable bonds is 8. The lowest BCUT2D eigenvalue weighted by Crippen LogP contribution is -2.35. The number of hydrogen-bond donors (Lipinski definition) is 1. The molecule has 5 heteroatoms. The summed E-state index contributed by atoms with van der Waals surface area (Å²) in [4.78, 5) is 14.1. The van der Waals surface area contributed by atoms with E-state index in [4.69, 9.17) is 15.2 Å². The third-order valence-electron chi connectivity index (χ3n) is 4.12. The summed E-state index contributed by atoms with van der Waals surface area (Å²) in [5, 5.41) is 0.